The number of amides is 1. The number of nitro benzene ring substituents is 1. The lowest BCUT2D eigenvalue weighted by Gasteiger charge is -2.20. The van der Waals surface area contributed by atoms with Gasteiger partial charge in [0.1, 0.15) is 21.7 Å². The molecule has 168 valence electrons. The van der Waals surface area contributed by atoms with E-state index in [1.807, 2.05) is 25.1 Å². The number of hydrogen-bond acceptors (Lipinski definition) is 8. The second-order valence-electron chi connectivity index (χ2n) is 7.12. The molecule has 9 nitrogen and oxygen atoms in total. The molecule has 0 N–H and O–H groups in total. The summed E-state index contributed by atoms with van der Waals surface area (Å²) in [6, 6.07) is 9.59. The lowest BCUT2D eigenvalue weighted by atomic mass is 10.2. The predicted molar refractivity (Wildman–Crippen MR) is 126 cm³/mol. The molecule has 10 heteroatoms. The number of hydrogen-bond donors (Lipinski definition) is 0. The van der Waals surface area contributed by atoms with Crippen LogP contribution in [-0.2, 0) is 4.79 Å². The first-order chi connectivity index (χ1) is 15.3. The van der Waals surface area contributed by atoms with Gasteiger partial charge < -0.3 is 14.4 Å². The quantitative estimate of drug-likeness (QED) is 0.274. The van der Waals surface area contributed by atoms with Gasteiger partial charge in [-0.05, 0) is 50.0 Å². The third kappa shape index (κ3) is 5.21. The van der Waals surface area contributed by atoms with Crippen molar-refractivity contribution in [3.8, 4) is 11.5 Å². The normalized spacial score (nSPS) is 11.3. The average Bonchev–Trinajstić information content (AvgIpc) is 3.22. The van der Waals surface area contributed by atoms with Gasteiger partial charge in [-0.1, -0.05) is 11.3 Å². The zero-order chi connectivity index (χ0) is 23.3. The Hall–Kier alpha value is -3.50. The molecule has 2 aromatic carbocycles. The maximum Gasteiger partial charge on any atom is 0.269 e. The SMILES string of the molecule is COc1ccc(OC)c2sc(N(CCN(C)C)C(=O)C=Cc3ccc([N+](=O)[O-])cc3)nc12. The summed E-state index contributed by atoms with van der Waals surface area (Å²) < 4.78 is 11.7. The Bertz CT molecular complexity index is 1100. The van der Waals surface area contributed by atoms with Crippen LogP contribution >= 0.6 is 11.3 Å². The van der Waals surface area contributed by atoms with E-state index in [1.54, 1.807) is 43.4 Å². The van der Waals surface area contributed by atoms with E-state index >= 15 is 0 Å². The van der Waals surface area contributed by atoms with Crippen molar-refractivity contribution in [2.24, 2.45) is 0 Å². The molecule has 32 heavy (non-hydrogen) atoms. The van der Waals surface area contributed by atoms with E-state index in [0.29, 0.717) is 40.8 Å². The van der Waals surface area contributed by atoms with Gasteiger partial charge in [0.2, 0.25) is 0 Å². The highest BCUT2D eigenvalue weighted by molar-refractivity contribution is 7.22. The first-order valence-electron chi connectivity index (χ1n) is 9.74. The van der Waals surface area contributed by atoms with Crippen LogP contribution in [-0.4, -0.2) is 62.1 Å². The lowest BCUT2D eigenvalue weighted by molar-refractivity contribution is -0.384. The zero-order valence-electron chi connectivity index (χ0n) is 18.3. The van der Waals surface area contributed by atoms with Gasteiger partial charge in [-0.3, -0.25) is 19.8 Å². The van der Waals surface area contributed by atoms with Crippen LogP contribution in [0.1, 0.15) is 5.56 Å². The fourth-order valence-electron chi connectivity index (χ4n) is 2.95. The van der Waals surface area contributed by atoms with Crippen molar-refractivity contribution in [3.05, 3.63) is 58.2 Å². The van der Waals surface area contributed by atoms with Gasteiger partial charge in [0.15, 0.2) is 5.13 Å². The second kappa shape index (κ2) is 10.2. The number of non-ortho nitro benzene ring substituents is 1. The molecule has 0 radical (unpaired) electrons. The summed E-state index contributed by atoms with van der Waals surface area (Å²) in [5, 5.41) is 11.3. The molecule has 0 unspecified atom stereocenters. The van der Waals surface area contributed by atoms with E-state index in [4.69, 9.17) is 9.47 Å². The van der Waals surface area contributed by atoms with Crippen LogP contribution in [0.5, 0.6) is 11.5 Å². The molecule has 0 aliphatic carbocycles. The van der Waals surface area contributed by atoms with Crippen LogP contribution in [0.2, 0.25) is 0 Å². The largest absolute Gasteiger partial charge is 0.495 e. The average molecular weight is 457 g/mol. The maximum absolute atomic E-state index is 13.1. The molecule has 1 aromatic heterocycles. The van der Waals surface area contributed by atoms with E-state index in [-0.39, 0.29) is 11.6 Å². The number of anilines is 1. The molecule has 0 atom stereocenters. The van der Waals surface area contributed by atoms with Gasteiger partial charge in [0, 0.05) is 31.3 Å². The third-order valence-electron chi connectivity index (χ3n) is 4.69. The van der Waals surface area contributed by atoms with Crippen LogP contribution < -0.4 is 14.4 Å². The smallest absolute Gasteiger partial charge is 0.269 e. The monoisotopic (exact) mass is 456 g/mol. The minimum absolute atomic E-state index is 0.00143. The lowest BCUT2D eigenvalue weighted by Crippen LogP contribution is -2.35. The number of ether oxygens (including phenoxy) is 2. The fourth-order valence-corrected chi connectivity index (χ4v) is 4.06. The number of nitrogens with zero attached hydrogens (tertiary/aromatic N) is 4. The van der Waals surface area contributed by atoms with Gasteiger partial charge in [-0.2, -0.15) is 0 Å². The van der Waals surface area contributed by atoms with E-state index in [2.05, 4.69) is 4.98 Å². The van der Waals surface area contributed by atoms with Crippen molar-refractivity contribution in [2.75, 3.05) is 46.3 Å². The second-order valence-corrected chi connectivity index (χ2v) is 8.10. The van der Waals surface area contributed by atoms with E-state index in [1.165, 1.54) is 29.5 Å². The van der Waals surface area contributed by atoms with Crippen LogP contribution in [0.25, 0.3) is 16.3 Å². The van der Waals surface area contributed by atoms with E-state index in [0.717, 1.165) is 4.70 Å². The highest BCUT2D eigenvalue weighted by atomic mass is 32.1. The summed E-state index contributed by atoms with van der Waals surface area (Å²) in [4.78, 5) is 31.7. The van der Waals surface area contributed by atoms with Gasteiger partial charge >= 0.3 is 0 Å². The number of likely N-dealkylation sites (N-methyl/N-ethyl adjacent to an activating group) is 1. The minimum atomic E-state index is -0.461. The number of carbonyl (C=O) groups is 1. The Morgan fingerprint density at radius 1 is 1.09 bits per heavy atom. The first-order valence-corrected chi connectivity index (χ1v) is 10.6. The van der Waals surface area contributed by atoms with Gasteiger partial charge in [-0.25, -0.2) is 4.98 Å². The molecule has 0 aliphatic heterocycles. The Kier molecular flexibility index (Phi) is 7.39. The van der Waals surface area contributed by atoms with Crippen LogP contribution in [0.4, 0.5) is 10.8 Å². The zero-order valence-corrected chi connectivity index (χ0v) is 19.1. The number of thiazole rings is 1. The third-order valence-corrected chi connectivity index (χ3v) is 5.78. The van der Waals surface area contributed by atoms with Crippen molar-refractivity contribution < 1.29 is 19.2 Å². The Morgan fingerprint density at radius 2 is 1.75 bits per heavy atom. The molecule has 1 heterocycles. The van der Waals surface area contributed by atoms with Crippen molar-refractivity contribution in [2.45, 2.75) is 0 Å². The number of fused-ring (bicyclic) bond motifs is 1. The van der Waals surface area contributed by atoms with Crippen LogP contribution in [0, 0.1) is 10.1 Å². The number of benzene rings is 2. The molecule has 0 aliphatic rings. The topological polar surface area (TPSA) is 98.0 Å². The first kappa shape index (κ1) is 23.2. The summed E-state index contributed by atoms with van der Waals surface area (Å²) in [5.74, 6) is 1.01. The summed E-state index contributed by atoms with van der Waals surface area (Å²) in [6.07, 6.45) is 3.07. The summed E-state index contributed by atoms with van der Waals surface area (Å²) in [7, 11) is 7.02. The summed E-state index contributed by atoms with van der Waals surface area (Å²) in [5.41, 5.74) is 1.32. The van der Waals surface area contributed by atoms with Gasteiger partial charge in [0.25, 0.3) is 11.6 Å². The predicted octanol–water partition coefficient (Wildman–Crippen LogP) is 3.83. The van der Waals surface area contributed by atoms with Gasteiger partial charge in [-0.15, -0.1) is 0 Å². The van der Waals surface area contributed by atoms with Crippen LogP contribution in [0.3, 0.4) is 0 Å². The molecule has 3 aromatic rings. The number of methoxy groups -OCH3 is 2. The van der Waals surface area contributed by atoms with Crippen molar-refractivity contribution >= 4 is 44.4 Å². The number of aromatic nitrogens is 1. The van der Waals surface area contributed by atoms with Crippen molar-refractivity contribution in [3.63, 3.8) is 0 Å². The Morgan fingerprint density at radius 3 is 2.34 bits per heavy atom. The Balaban J connectivity index is 1.93. The molecule has 0 fully saturated rings. The minimum Gasteiger partial charge on any atom is -0.495 e. The molecule has 0 saturated carbocycles. The number of rotatable bonds is 9. The van der Waals surface area contributed by atoms with Gasteiger partial charge in [0.05, 0.1) is 19.1 Å². The van der Waals surface area contributed by atoms with Crippen molar-refractivity contribution in [1.29, 1.82) is 0 Å². The maximum atomic E-state index is 13.1. The molecule has 0 saturated heterocycles. The molecule has 1 amide bonds. The highest BCUT2D eigenvalue weighted by Crippen LogP contribution is 2.40. The summed E-state index contributed by atoms with van der Waals surface area (Å²) >= 11 is 1.35. The number of nitro groups is 1. The standard InChI is InChI=1S/C22H24N4O5S/c1-24(2)13-14-25(19(27)12-7-15-5-8-16(9-6-15)26(28)29)22-23-20-17(30-3)10-11-18(31-4)21(20)32-22/h5-12H,13-14H2,1-4H3. The molecule has 0 bridgehead atoms. The Labute approximate surface area is 189 Å². The molecule has 3 rings (SSSR count). The van der Waals surface area contributed by atoms with Crippen LogP contribution in [0.15, 0.2) is 42.5 Å². The number of carbonyl (C=O) groups excluding carboxylic acids is 1. The highest BCUT2D eigenvalue weighted by Gasteiger charge is 2.21. The van der Waals surface area contributed by atoms with E-state index in [9.17, 15) is 14.9 Å². The molecular weight excluding hydrogens is 432 g/mol. The molecule has 0 spiro atoms. The van der Waals surface area contributed by atoms with Crippen molar-refractivity contribution in [1.82, 2.24) is 9.88 Å². The summed E-state index contributed by atoms with van der Waals surface area (Å²) in [6.45, 7) is 1.07. The fraction of sp³-hybridized carbons (Fsp3) is 0.273. The van der Waals surface area contributed by atoms with E-state index < -0.39 is 4.92 Å². The molecular formula is C22H24N4O5S.